The van der Waals surface area contributed by atoms with Gasteiger partial charge in [-0.15, -0.1) is 0 Å². The van der Waals surface area contributed by atoms with E-state index in [4.69, 9.17) is 0 Å². The fraction of sp³-hybridized carbons (Fsp3) is 0.500. The molecule has 0 aromatic heterocycles. The molecule has 2 saturated carbocycles. The summed E-state index contributed by atoms with van der Waals surface area (Å²) >= 11 is 0. The number of benzene rings is 2. The largest absolute Gasteiger partial charge is 0.352 e. The van der Waals surface area contributed by atoms with Gasteiger partial charge < -0.3 is 10.2 Å². The fourth-order valence-electron chi connectivity index (χ4n) is 5.42. The van der Waals surface area contributed by atoms with Crippen LogP contribution in [0, 0.1) is 5.92 Å². The molecule has 0 saturated heterocycles. The molecule has 0 spiro atoms. The molecule has 2 aromatic rings. The zero-order valence-electron chi connectivity index (χ0n) is 19.0. The zero-order chi connectivity index (χ0) is 22.2. The molecule has 0 aliphatic heterocycles. The van der Waals surface area contributed by atoms with E-state index in [9.17, 15) is 9.59 Å². The van der Waals surface area contributed by atoms with Crippen LogP contribution in [0.3, 0.4) is 0 Å². The highest BCUT2D eigenvalue weighted by molar-refractivity contribution is 5.97. The molecule has 0 heterocycles. The first-order chi connectivity index (χ1) is 15.7. The number of carbonyl (C=O) groups excluding carboxylic acids is 2. The molecule has 170 valence electrons. The molecular formula is C28H36N2O2. The van der Waals surface area contributed by atoms with Crippen molar-refractivity contribution in [1.29, 1.82) is 0 Å². The van der Waals surface area contributed by atoms with E-state index < -0.39 is 6.04 Å². The normalized spacial score (nSPS) is 18.6. The van der Waals surface area contributed by atoms with Crippen LogP contribution in [-0.4, -0.2) is 28.8 Å². The van der Waals surface area contributed by atoms with Crippen LogP contribution in [0.4, 0.5) is 0 Å². The SMILES string of the molecule is O=C(NC1CCCCC1)[C@H](C1CCCCC1)N(Cc1ccccc1)C(=O)c1ccccc1. The van der Waals surface area contributed by atoms with E-state index in [-0.39, 0.29) is 23.8 Å². The van der Waals surface area contributed by atoms with Crippen LogP contribution in [0.1, 0.15) is 80.1 Å². The Hall–Kier alpha value is -2.62. The van der Waals surface area contributed by atoms with Crippen molar-refractivity contribution in [3.05, 3.63) is 71.8 Å². The van der Waals surface area contributed by atoms with Crippen LogP contribution in [0.15, 0.2) is 60.7 Å². The van der Waals surface area contributed by atoms with Gasteiger partial charge in [0.25, 0.3) is 5.91 Å². The molecule has 2 amide bonds. The Morgan fingerprint density at radius 1 is 0.781 bits per heavy atom. The summed E-state index contributed by atoms with van der Waals surface area (Å²) in [5.74, 6) is 0.205. The van der Waals surface area contributed by atoms with E-state index in [1.165, 1.54) is 25.7 Å². The molecule has 2 aliphatic carbocycles. The van der Waals surface area contributed by atoms with Gasteiger partial charge in [-0.3, -0.25) is 9.59 Å². The molecule has 2 aromatic carbocycles. The second-order valence-corrected chi connectivity index (χ2v) is 9.47. The van der Waals surface area contributed by atoms with Crippen molar-refractivity contribution >= 4 is 11.8 Å². The van der Waals surface area contributed by atoms with Crippen molar-refractivity contribution in [3.63, 3.8) is 0 Å². The number of amides is 2. The molecule has 0 unspecified atom stereocenters. The van der Waals surface area contributed by atoms with Gasteiger partial charge in [0.15, 0.2) is 0 Å². The Kier molecular flexibility index (Phi) is 7.97. The summed E-state index contributed by atoms with van der Waals surface area (Å²) in [6.07, 6.45) is 11.2. The third kappa shape index (κ3) is 5.79. The van der Waals surface area contributed by atoms with Crippen LogP contribution in [0.5, 0.6) is 0 Å². The smallest absolute Gasteiger partial charge is 0.254 e. The maximum atomic E-state index is 13.8. The van der Waals surface area contributed by atoms with E-state index in [1.54, 1.807) is 0 Å². The fourth-order valence-corrected chi connectivity index (χ4v) is 5.42. The Morgan fingerprint density at radius 3 is 1.97 bits per heavy atom. The second kappa shape index (κ2) is 11.3. The lowest BCUT2D eigenvalue weighted by molar-refractivity contribution is -0.129. The first kappa shape index (κ1) is 22.6. The average molecular weight is 433 g/mol. The highest BCUT2D eigenvalue weighted by Crippen LogP contribution is 2.31. The van der Waals surface area contributed by atoms with Gasteiger partial charge in [-0.1, -0.05) is 87.1 Å². The number of nitrogens with zero attached hydrogens (tertiary/aromatic N) is 1. The molecule has 0 bridgehead atoms. The van der Waals surface area contributed by atoms with E-state index in [0.717, 1.165) is 44.1 Å². The van der Waals surface area contributed by atoms with Crippen molar-refractivity contribution < 1.29 is 9.59 Å². The van der Waals surface area contributed by atoms with Gasteiger partial charge in [0.1, 0.15) is 6.04 Å². The maximum absolute atomic E-state index is 13.8. The Morgan fingerprint density at radius 2 is 1.34 bits per heavy atom. The molecule has 1 N–H and O–H groups in total. The third-order valence-electron chi connectivity index (χ3n) is 7.13. The molecular weight excluding hydrogens is 396 g/mol. The Bertz CT molecular complexity index is 856. The summed E-state index contributed by atoms with van der Waals surface area (Å²) in [6, 6.07) is 19.3. The molecule has 2 fully saturated rings. The minimum Gasteiger partial charge on any atom is -0.352 e. The van der Waals surface area contributed by atoms with Crippen molar-refractivity contribution in [1.82, 2.24) is 10.2 Å². The summed E-state index contributed by atoms with van der Waals surface area (Å²) < 4.78 is 0. The number of nitrogens with one attached hydrogen (secondary N) is 1. The minimum atomic E-state index is -0.426. The van der Waals surface area contributed by atoms with Gasteiger partial charge in [0, 0.05) is 18.2 Å². The molecule has 32 heavy (non-hydrogen) atoms. The highest BCUT2D eigenvalue weighted by atomic mass is 16.2. The van der Waals surface area contributed by atoms with Crippen LogP contribution < -0.4 is 5.32 Å². The summed E-state index contributed by atoms with van der Waals surface area (Å²) in [6.45, 7) is 0.452. The second-order valence-electron chi connectivity index (χ2n) is 9.47. The van der Waals surface area contributed by atoms with Crippen molar-refractivity contribution in [2.75, 3.05) is 0 Å². The lowest BCUT2D eigenvalue weighted by atomic mass is 9.82. The summed E-state index contributed by atoms with van der Waals surface area (Å²) in [4.78, 5) is 29.4. The van der Waals surface area contributed by atoms with Gasteiger partial charge in [-0.05, 0) is 49.3 Å². The van der Waals surface area contributed by atoms with E-state index in [0.29, 0.717) is 12.1 Å². The predicted molar refractivity (Wildman–Crippen MR) is 128 cm³/mol. The van der Waals surface area contributed by atoms with E-state index >= 15 is 0 Å². The first-order valence-electron chi connectivity index (χ1n) is 12.4. The highest BCUT2D eigenvalue weighted by Gasteiger charge is 2.38. The van der Waals surface area contributed by atoms with Gasteiger partial charge >= 0.3 is 0 Å². The molecule has 1 atom stereocenters. The predicted octanol–water partition coefficient (Wildman–Crippen LogP) is 5.73. The van der Waals surface area contributed by atoms with Crippen LogP contribution in [-0.2, 0) is 11.3 Å². The van der Waals surface area contributed by atoms with Gasteiger partial charge in [0.2, 0.25) is 5.91 Å². The van der Waals surface area contributed by atoms with Crippen LogP contribution in [0.25, 0.3) is 0 Å². The topological polar surface area (TPSA) is 49.4 Å². The van der Waals surface area contributed by atoms with Gasteiger partial charge in [-0.25, -0.2) is 0 Å². The lowest BCUT2D eigenvalue weighted by Gasteiger charge is -2.39. The van der Waals surface area contributed by atoms with Gasteiger partial charge in [0.05, 0.1) is 0 Å². The van der Waals surface area contributed by atoms with E-state index in [2.05, 4.69) is 5.32 Å². The monoisotopic (exact) mass is 432 g/mol. The Balaban J connectivity index is 1.65. The number of hydrogen-bond acceptors (Lipinski definition) is 2. The number of hydrogen-bond donors (Lipinski definition) is 1. The summed E-state index contributed by atoms with van der Waals surface area (Å²) in [5, 5.41) is 3.36. The van der Waals surface area contributed by atoms with Crippen molar-refractivity contribution in [2.45, 2.75) is 82.8 Å². The standard InChI is InChI=1S/C28H36N2O2/c31-27(29-25-19-11-4-12-20-25)26(23-15-7-2-8-16-23)30(21-22-13-5-1-6-14-22)28(32)24-17-9-3-10-18-24/h1,3,5-6,9-10,13-14,17-18,23,25-26H,2,4,7-8,11-12,15-16,19-21H2,(H,29,31)/t26-/m0/s1. The summed E-state index contributed by atoms with van der Waals surface area (Å²) in [5.41, 5.74) is 1.71. The average Bonchev–Trinajstić information content (AvgIpc) is 2.86. The molecule has 4 heteroatoms. The maximum Gasteiger partial charge on any atom is 0.254 e. The van der Waals surface area contributed by atoms with Gasteiger partial charge in [-0.2, -0.15) is 0 Å². The molecule has 4 rings (SSSR count). The van der Waals surface area contributed by atoms with Crippen LogP contribution in [0.2, 0.25) is 0 Å². The third-order valence-corrected chi connectivity index (χ3v) is 7.13. The zero-order valence-corrected chi connectivity index (χ0v) is 19.0. The Labute approximate surface area is 192 Å². The first-order valence-corrected chi connectivity index (χ1v) is 12.4. The quantitative estimate of drug-likeness (QED) is 0.608. The summed E-state index contributed by atoms with van der Waals surface area (Å²) in [7, 11) is 0. The van der Waals surface area contributed by atoms with Crippen LogP contribution >= 0.6 is 0 Å². The molecule has 0 radical (unpaired) electrons. The van der Waals surface area contributed by atoms with Crippen molar-refractivity contribution in [3.8, 4) is 0 Å². The minimum absolute atomic E-state index is 0.0454. The number of carbonyl (C=O) groups is 2. The van der Waals surface area contributed by atoms with E-state index in [1.807, 2.05) is 65.6 Å². The number of rotatable bonds is 7. The molecule has 2 aliphatic rings. The lowest BCUT2D eigenvalue weighted by Crippen LogP contribution is -2.55. The molecule has 4 nitrogen and oxygen atoms in total. The van der Waals surface area contributed by atoms with Crippen molar-refractivity contribution in [2.24, 2.45) is 5.92 Å².